The van der Waals surface area contributed by atoms with Crippen molar-refractivity contribution in [3.63, 3.8) is 0 Å². The minimum absolute atomic E-state index is 0.0348. The molecule has 0 saturated carbocycles. The normalized spacial score (nSPS) is 15.6. The van der Waals surface area contributed by atoms with Crippen LogP contribution in [0.3, 0.4) is 0 Å². The molecule has 0 aliphatic heterocycles. The van der Waals surface area contributed by atoms with Crippen LogP contribution in [0.4, 0.5) is 0 Å². The minimum atomic E-state index is -0.234. The molecule has 0 aliphatic rings. The van der Waals surface area contributed by atoms with Gasteiger partial charge in [-0.25, -0.2) is 0 Å². The molecule has 0 aromatic carbocycles. The van der Waals surface area contributed by atoms with E-state index in [4.69, 9.17) is 0 Å². The number of hydrogen-bond acceptors (Lipinski definition) is 4. The first-order valence-electron chi connectivity index (χ1n) is 3.49. The van der Waals surface area contributed by atoms with Gasteiger partial charge in [0, 0.05) is 6.04 Å². The molecule has 0 aromatic rings. The molecule has 66 valence electrons. The number of rotatable bonds is 4. The molecule has 4 nitrogen and oxygen atoms in total. The molecule has 0 aromatic heterocycles. The Morgan fingerprint density at radius 1 is 1.36 bits per heavy atom. The maximum atomic E-state index is 10.9. The zero-order valence-corrected chi connectivity index (χ0v) is 7.38. The lowest BCUT2D eigenvalue weighted by Gasteiger charge is -2.17. The van der Waals surface area contributed by atoms with Gasteiger partial charge in [-0.05, 0) is 6.92 Å². The summed E-state index contributed by atoms with van der Waals surface area (Å²) in [6.45, 7) is 3.63. The average molecular weight is 161 g/mol. The Balaban J connectivity index is 3.80. The van der Waals surface area contributed by atoms with Gasteiger partial charge in [0.1, 0.15) is 0 Å². The quantitative estimate of drug-likeness (QED) is 0.477. The van der Waals surface area contributed by atoms with E-state index in [2.05, 4.69) is 15.1 Å². The molecule has 11 heavy (non-hydrogen) atoms. The number of nitrogens with one attached hydrogen (secondary N) is 1. The van der Waals surface area contributed by atoms with Gasteiger partial charge in [-0.3, -0.25) is 4.79 Å². The highest BCUT2D eigenvalue weighted by atomic mass is 16.6. The van der Waals surface area contributed by atoms with E-state index < -0.39 is 0 Å². The second-order valence-corrected chi connectivity index (χ2v) is 2.42. The SMILES string of the molecule is CONC(C)C(C)C(=O)OC. The molecular formula is C7H15NO3. The smallest absolute Gasteiger partial charge is 0.310 e. The van der Waals surface area contributed by atoms with Crippen LogP contribution in [-0.4, -0.2) is 26.2 Å². The molecule has 0 radical (unpaired) electrons. The van der Waals surface area contributed by atoms with E-state index in [1.807, 2.05) is 6.92 Å². The maximum Gasteiger partial charge on any atom is 0.310 e. The van der Waals surface area contributed by atoms with Crippen molar-refractivity contribution < 1.29 is 14.4 Å². The van der Waals surface area contributed by atoms with Gasteiger partial charge in [0.05, 0.1) is 20.1 Å². The van der Waals surface area contributed by atoms with Gasteiger partial charge in [-0.2, -0.15) is 5.48 Å². The van der Waals surface area contributed by atoms with Crippen molar-refractivity contribution in [1.29, 1.82) is 0 Å². The van der Waals surface area contributed by atoms with Crippen molar-refractivity contribution in [2.24, 2.45) is 5.92 Å². The van der Waals surface area contributed by atoms with Crippen molar-refractivity contribution in [3.05, 3.63) is 0 Å². The van der Waals surface area contributed by atoms with Crippen LogP contribution >= 0.6 is 0 Å². The standard InChI is InChI=1S/C7H15NO3/c1-5(7(9)10-3)6(2)8-11-4/h5-6,8H,1-4H3. The van der Waals surface area contributed by atoms with Gasteiger partial charge in [0.2, 0.25) is 0 Å². The molecule has 2 atom stereocenters. The van der Waals surface area contributed by atoms with E-state index in [1.54, 1.807) is 6.92 Å². The first-order valence-corrected chi connectivity index (χ1v) is 3.49. The van der Waals surface area contributed by atoms with Crippen LogP contribution in [0.1, 0.15) is 13.8 Å². The first-order chi connectivity index (χ1) is 5.13. The molecule has 0 bridgehead atoms. The second kappa shape index (κ2) is 5.09. The zero-order chi connectivity index (χ0) is 8.85. The Kier molecular flexibility index (Phi) is 4.81. The molecule has 0 heterocycles. The zero-order valence-electron chi connectivity index (χ0n) is 7.38. The Bertz CT molecular complexity index is 127. The van der Waals surface area contributed by atoms with Crippen molar-refractivity contribution in [1.82, 2.24) is 5.48 Å². The van der Waals surface area contributed by atoms with Crippen LogP contribution in [0.5, 0.6) is 0 Å². The molecule has 0 rings (SSSR count). The van der Waals surface area contributed by atoms with Crippen molar-refractivity contribution in [2.75, 3.05) is 14.2 Å². The number of esters is 1. The number of carbonyl (C=O) groups is 1. The van der Waals surface area contributed by atoms with Crippen LogP contribution < -0.4 is 5.48 Å². The largest absolute Gasteiger partial charge is 0.469 e. The van der Waals surface area contributed by atoms with E-state index in [0.717, 1.165) is 0 Å². The molecule has 0 fully saturated rings. The summed E-state index contributed by atoms with van der Waals surface area (Å²) >= 11 is 0. The van der Waals surface area contributed by atoms with E-state index in [0.29, 0.717) is 0 Å². The van der Waals surface area contributed by atoms with Crippen LogP contribution in [0, 0.1) is 5.92 Å². The van der Waals surface area contributed by atoms with Gasteiger partial charge in [-0.1, -0.05) is 6.92 Å². The summed E-state index contributed by atoms with van der Waals surface area (Å²) in [7, 11) is 2.89. The van der Waals surface area contributed by atoms with Crippen LogP contribution in [0.2, 0.25) is 0 Å². The fourth-order valence-corrected chi connectivity index (χ4v) is 0.678. The summed E-state index contributed by atoms with van der Waals surface area (Å²) in [5, 5.41) is 0. The summed E-state index contributed by atoms with van der Waals surface area (Å²) < 4.78 is 4.54. The highest BCUT2D eigenvalue weighted by Crippen LogP contribution is 2.03. The summed E-state index contributed by atoms with van der Waals surface area (Å²) in [5.74, 6) is -0.429. The average Bonchev–Trinajstić information content (AvgIpc) is 2.02. The van der Waals surface area contributed by atoms with E-state index in [-0.39, 0.29) is 17.9 Å². The van der Waals surface area contributed by atoms with Crippen LogP contribution in [-0.2, 0) is 14.4 Å². The predicted molar refractivity (Wildman–Crippen MR) is 40.8 cm³/mol. The molecule has 2 unspecified atom stereocenters. The minimum Gasteiger partial charge on any atom is -0.469 e. The number of hydroxylamine groups is 1. The lowest BCUT2D eigenvalue weighted by atomic mass is 10.1. The Morgan fingerprint density at radius 2 is 1.91 bits per heavy atom. The molecule has 0 aliphatic carbocycles. The topological polar surface area (TPSA) is 47.6 Å². The Hall–Kier alpha value is -0.610. The fourth-order valence-electron chi connectivity index (χ4n) is 0.678. The maximum absolute atomic E-state index is 10.9. The molecule has 4 heteroatoms. The fraction of sp³-hybridized carbons (Fsp3) is 0.857. The summed E-state index contributed by atoms with van der Waals surface area (Å²) in [6.07, 6.45) is 0. The van der Waals surface area contributed by atoms with E-state index in [9.17, 15) is 4.79 Å². The number of carbonyl (C=O) groups excluding carboxylic acids is 1. The van der Waals surface area contributed by atoms with Crippen molar-refractivity contribution in [3.8, 4) is 0 Å². The Morgan fingerprint density at radius 3 is 2.27 bits per heavy atom. The lowest BCUT2D eigenvalue weighted by Crippen LogP contribution is -2.36. The molecule has 0 amide bonds. The molecule has 1 N–H and O–H groups in total. The second-order valence-electron chi connectivity index (χ2n) is 2.42. The van der Waals surface area contributed by atoms with Gasteiger partial charge in [-0.15, -0.1) is 0 Å². The van der Waals surface area contributed by atoms with Crippen molar-refractivity contribution >= 4 is 5.97 Å². The highest BCUT2D eigenvalue weighted by Gasteiger charge is 2.20. The van der Waals surface area contributed by atoms with Gasteiger partial charge >= 0.3 is 5.97 Å². The van der Waals surface area contributed by atoms with Crippen LogP contribution in [0.15, 0.2) is 0 Å². The number of methoxy groups -OCH3 is 1. The summed E-state index contributed by atoms with van der Waals surface area (Å²) in [5.41, 5.74) is 2.66. The molecule has 0 spiro atoms. The summed E-state index contributed by atoms with van der Waals surface area (Å²) in [4.78, 5) is 15.6. The van der Waals surface area contributed by atoms with Gasteiger partial charge in [0.25, 0.3) is 0 Å². The molecule has 0 saturated heterocycles. The van der Waals surface area contributed by atoms with E-state index in [1.165, 1.54) is 14.2 Å². The first kappa shape index (κ1) is 10.4. The monoisotopic (exact) mass is 161 g/mol. The van der Waals surface area contributed by atoms with E-state index >= 15 is 0 Å². The predicted octanol–water partition coefficient (Wildman–Crippen LogP) is 0.335. The van der Waals surface area contributed by atoms with Gasteiger partial charge in [0.15, 0.2) is 0 Å². The third-order valence-corrected chi connectivity index (χ3v) is 1.63. The summed E-state index contributed by atoms with van der Waals surface area (Å²) in [6, 6.07) is -0.0348. The third-order valence-electron chi connectivity index (χ3n) is 1.63. The van der Waals surface area contributed by atoms with Crippen molar-refractivity contribution in [2.45, 2.75) is 19.9 Å². The highest BCUT2D eigenvalue weighted by molar-refractivity contribution is 5.72. The Labute approximate surface area is 66.8 Å². The number of hydrogen-bond donors (Lipinski definition) is 1. The van der Waals surface area contributed by atoms with Crippen LogP contribution in [0.25, 0.3) is 0 Å². The number of ether oxygens (including phenoxy) is 1. The lowest BCUT2D eigenvalue weighted by molar-refractivity contribution is -0.147. The third kappa shape index (κ3) is 3.34. The molecular weight excluding hydrogens is 146 g/mol. The van der Waals surface area contributed by atoms with Gasteiger partial charge < -0.3 is 9.57 Å².